The molecular formula is C24H29Cl2N7O2S. The van der Waals surface area contributed by atoms with E-state index in [9.17, 15) is 8.42 Å². The maximum absolute atomic E-state index is 11.9. The summed E-state index contributed by atoms with van der Waals surface area (Å²) in [5.74, 6) is 2.41. The Labute approximate surface area is 220 Å². The SMILES string of the molecule is Cc1cc(Nc2nc(Nc3cc(Cl)c(C4CCN(C5CCS(=O)(=O)C5)CC4)cc3C)ncc2Cl)n[nH]1. The van der Waals surface area contributed by atoms with Crippen LogP contribution in [0.1, 0.15) is 42.0 Å². The second kappa shape index (κ2) is 10.2. The van der Waals surface area contributed by atoms with Crippen LogP contribution in [-0.2, 0) is 9.84 Å². The summed E-state index contributed by atoms with van der Waals surface area (Å²) in [5.41, 5.74) is 3.91. The lowest BCUT2D eigenvalue weighted by atomic mass is 9.87. The Balaban J connectivity index is 1.26. The number of nitrogens with zero attached hydrogens (tertiary/aromatic N) is 4. The van der Waals surface area contributed by atoms with Gasteiger partial charge in [0.25, 0.3) is 0 Å². The van der Waals surface area contributed by atoms with Crippen LogP contribution < -0.4 is 10.6 Å². The summed E-state index contributed by atoms with van der Waals surface area (Å²) in [7, 11) is -2.87. The van der Waals surface area contributed by atoms with Crippen molar-refractivity contribution in [2.45, 2.75) is 45.1 Å². The zero-order chi connectivity index (χ0) is 25.4. The molecule has 2 aromatic heterocycles. The van der Waals surface area contributed by atoms with Crippen LogP contribution in [0.2, 0.25) is 10.0 Å². The van der Waals surface area contributed by atoms with Crippen LogP contribution >= 0.6 is 23.2 Å². The van der Waals surface area contributed by atoms with Crippen molar-refractivity contribution >= 4 is 56.3 Å². The van der Waals surface area contributed by atoms with Gasteiger partial charge in [-0.1, -0.05) is 29.3 Å². The number of rotatable bonds is 6. The maximum Gasteiger partial charge on any atom is 0.229 e. The molecule has 0 spiro atoms. The van der Waals surface area contributed by atoms with Crippen molar-refractivity contribution < 1.29 is 8.42 Å². The van der Waals surface area contributed by atoms with Gasteiger partial charge < -0.3 is 10.6 Å². The fourth-order valence-electron chi connectivity index (χ4n) is 5.03. The number of H-pyrrole nitrogens is 1. The summed E-state index contributed by atoms with van der Waals surface area (Å²) in [6.07, 6.45) is 4.21. The van der Waals surface area contributed by atoms with E-state index >= 15 is 0 Å². The van der Waals surface area contributed by atoms with E-state index in [-0.39, 0.29) is 6.04 Å². The van der Waals surface area contributed by atoms with E-state index in [2.05, 4.69) is 41.8 Å². The van der Waals surface area contributed by atoms with E-state index < -0.39 is 9.84 Å². The molecule has 0 bridgehead atoms. The summed E-state index contributed by atoms with van der Waals surface area (Å²) >= 11 is 13.0. The van der Waals surface area contributed by atoms with Crippen LogP contribution in [0.4, 0.5) is 23.3 Å². The highest BCUT2D eigenvalue weighted by Crippen LogP contribution is 2.37. The van der Waals surface area contributed by atoms with Gasteiger partial charge in [0.05, 0.1) is 17.7 Å². The van der Waals surface area contributed by atoms with Crippen LogP contribution in [0, 0.1) is 13.8 Å². The minimum absolute atomic E-state index is 0.163. The number of hydrogen-bond acceptors (Lipinski definition) is 8. The molecule has 2 aliphatic rings. The van der Waals surface area contributed by atoms with E-state index in [1.54, 1.807) is 0 Å². The lowest BCUT2D eigenvalue weighted by Gasteiger charge is -2.36. The molecule has 0 saturated carbocycles. The lowest BCUT2D eigenvalue weighted by Crippen LogP contribution is -2.41. The predicted molar refractivity (Wildman–Crippen MR) is 144 cm³/mol. The minimum atomic E-state index is -2.87. The van der Waals surface area contributed by atoms with Gasteiger partial charge in [-0.3, -0.25) is 10.00 Å². The third-order valence-electron chi connectivity index (χ3n) is 6.98. The van der Waals surface area contributed by atoms with Crippen LogP contribution in [0.25, 0.3) is 0 Å². The summed E-state index contributed by atoms with van der Waals surface area (Å²) in [4.78, 5) is 11.1. The molecule has 2 aliphatic heterocycles. The van der Waals surface area contributed by atoms with Crippen LogP contribution in [0.3, 0.4) is 0 Å². The first-order chi connectivity index (χ1) is 17.2. The summed E-state index contributed by atoms with van der Waals surface area (Å²) in [6, 6.07) is 6.07. The third-order valence-corrected chi connectivity index (χ3v) is 9.34. The quantitative estimate of drug-likeness (QED) is 0.394. The molecule has 5 rings (SSSR count). The molecule has 0 aliphatic carbocycles. The van der Waals surface area contributed by atoms with Gasteiger partial charge in [0.2, 0.25) is 5.95 Å². The molecule has 1 atom stereocenters. The summed E-state index contributed by atoms with van der Waals surface area (Å²) in [5, 5.41) is 14.5. The topological polar surface area (TPSA) is 116 Å². The van der Waals surface area contributed by atoms with Gasteiger partial charge in [-0.05, 0) is 69.3 Å². The smallest absolute Gasteiger partial charge is 0.229 e. The fourth-order valence-corrected chi connectivity index (χ4v) is 7.25. The Morgan fingerprint density at radius 2 is 1.83 bits per heavy atom. The zero-order valence-corrected chi connectivity index (χ0v) is 22.5. The number of halogens is 2. The molecule has 9 nitrogen and oxygen atoms in total. The number of aromatic amines is 1. The van der Waals surface area contributed by atoms with Gasteiger partial charge in [-0.2, -0.15) is 10.1 Å². The third kappa shape index (κ3) is 5.61. The Morgan fingerprint density at radius 3 is 2.50 bits per heavy atom. The molecule has 0 radical (unpaired) electrons. The van der Waals surface area contributed by atoms with Gasteiger partial charge in [-0.15, -0.1) is 0 Å². The molecule has 0 amide bonds. The Hall–Kier alpha value is -2.40. The Bertz CT molecular complexity index is 1370. The molecule has 3 aromatic rings. The largest absolute Gasteiger partial charge is 0.324 e. The van der Waals surface area contributed by atoms with Crippen LogP contribution in [0.5, 0.6) is 0 Å². The number of sulfone groups is 1. The first-order valence-electron chi connectivity index (χ1n) is 12.0. The second-order valence-electron chi connectivity index (χ2n) is 9.63. The van der Waals surface area contributed by atoms with Gasteiger partial charge >= 0.3 is 0 Å². The van der Waals surface area contributed by atoms with E-state index in [0.717, 1.165) is 54.9 Å². The van der Waals surface area contributed by atoms with Crippen molar-refractivity contribution in [3.8, 4) is 0 Å². The second-order valence-corrected chi connectivity index (χ2v) is 12.7. The molecule has 192 valence electrons. The number of piperidine rings is 1. The van der Waals surface area contributed by atoms with E-state index in [1.165, 1.54) is 6.20 Å². The average molecular weight is 551 g/mol. The molecule has 4 heterocycles. The molecule has 2 fully saturated rings. The van der Waals surface area contributed by atoms with Gasteiger partial charge in [0.1, 0.15) is 5.02 Å². The highest BCUT2D eigenvalue weighted by Gasteiger charge is 2.34. The molecule has 12 heteroatoms. The number of aryl methyl sites for hydroxylation is 2. The fraction of sp³-hybridized carbons (Fsp3) is 0.458. The molecule has 1 unspecified atom stereocenters. The molecule has 3 N–H and O–H groups in total. The van der Waals surface area contributed by atoms with Crippen molar-refractivity contribution in [2.75, 3.05) is 35.2 Å². The Morgan fingerprint density at radius 1 is 1.06 bits per heavy atom. The summed E-state index contributed by atoms with van der Waals surface area (Å²) in [6.45, 7) is 5.73. The van der Waals surface area contributed by atoms with Crippen LogP contribution in [-0.4, -0.2) is 64.1 Å². The lowest BCUT2D eigenvalue weighted by molar-refractivity contribution is 0.165. The van der Waals surface area contributed by atoms with Gasteiger partial charge in [-0.25, -0.2) is 13.4 Å². The van der Waals surface area contributed by atoms with E-state index in [4.69, 9.17) is 23.2 Å². The van der Waals surface area contributed by atoms with Crippen molar-refractivity contribution in [2.24, 2.45) is 0 Å². The number of aromatic nitrogens is 4. The Kier molecular flexibility index (Phi) is 7.13. The highest BCUT2D eigenvalue weighted by atomic mass is 35.5. The van der Waals surface area contributed by atoms with Gasteiger partial charge in [0.15, 0.2) is 21.5 Å². The van der Waals surface area contributed by atoms with Crippen LogP contribution in [0.15, 0.2) is 24.4 Å². The van der Waals surface area contributed by atoms with E-state index in [0.29, 0.717) is 45.1 Å². The number of nitrogens with one attached hydrogen (secondary N) is 3. The first-order valence-corrected chi connectivity index (χ1v) is 14.6. The van der Waals surface area contributed by atoms with Crippen molar-refractivity contribution in [3.05, 3.63) is 51.3 Å². The molecule has 1 aromatic carbocycles. The predicted octanol–water partition coefficient (Wildman–Crippen LogP) is 4.98. The number of hydrogen-bond donors (Lipinski definition) is 3. The minimum Gasteiger partial charge on any atom is -0.324 e. The van der Waals surface area contributed by atoms with Gasteiger partial charge in [0, 0.05) is 28.5 Å². The maximum atomic E-state index is 11.9. The normalized spacial score (nSPS) is 20.5. The van der Waals surface area contributed by atoms with E-state index in [1.807, 2.05) is 26.0 Å². The van der Waals surface area contributed by atoms with Crippen molar-refractivity contribution in [1.29, 1.82) is 0 Å². The van der Waals surface area contributed by atoms with Crippen molar-refractivity contribution in [1.82, 2.24) is 25.1 Å². The summed E-state index contributed by atoms with van der Waals surface area (Å²) < 4.78 is 23.7. The standard InChI is InChI=1S/C24H29Cl2N7O2S/c1-14-9-18(16-3-6-33(7-4-16)17-5-8-36(34,35)13-17)19(25)11-21(14)28-24-27-12-20(26)23(30-24)29-22-10-15(2)31-32-22/h9-12,16-17H,3-8,13H2,1-2H3,(H3,27,28,29,30,31,32). The molecular weight excluding hydrogens is 521 g/mol. The van der Waals surface area contributed by atoms with Crippen molar-refractivity contribution in [3.63, 3.8) is 0 Å². The molecule has 36 heavy (non-hydrogen) atoms. The number of anilines is 4. The average Bonchev–Trinajstić information content (AvgIpc) is 3.42. The molecule has 2 saturated heterocycles. The monoisotopic (exact) mass is 549 g/mol. The first kappa shape index (κ1) is 25.3. The zero-order valence-electron chi connectivity index (χ0n) is 20.2. The highest BCUT2D eigenvalue weighted by molar-refractivity contribution is 7.91. The number of likely N-dealkylation sites (tertiary alicyclic amines) is 1. The number of benzene rings is 1.